The lowest BCUT2D eigenvalue weighted by atomic mass is 10.1. The Balaban J connectivity index is 0. The first-order valence-electron chi connectivity index (χ1n) is 9.43. The second kappa shape index (κ2) is 16.9. The van der Waals surface area contributed by atoms with Crippen LogP contribution in [-0.2, 0) is 27.9 Å². The molecule has 0 aliphatic carbocycles. The van der Waals surface area contributed by atoms with Gasteiger partial charge in [0.25, 0.3) is 0 Å². The first-order valence-corrected chi connectivity index (χ1v) is 9.43. The van der Waals surface area contributed by atoms with Crippen molar-refractivity contribution in [2.24, 2.45) is 7.05 Å². The molecule has 0 aromatic carbocycles. The van der Waals surface area contributed by atoms with Gasteiger partial charge in [0, 0.05) is 24.9 Å². The number of aromatic nitrogens is 2. The van der Waals surface area contributed by atoms with Crippen molar-refractivity contribution in [1.29, 1.82) is 0 Å². The van der Waals surface area contributed by atoms with Gasteiger partial charge >= 0.3 is 5.97 Å². The van der Waals surface area contributed by atoms with Crippen molar-refractivity contribution in [2.75, 3.05) is 6.61 Å². The van der Waals surface area contributed by atoms with Gasteiger partial charge in [-0.3, -0.25) is 4.68 Å². The average molecular weight is 377 g/mol. The summed E-state index contributed by atoms with van der Waals surface area (Å²) in [4.78, 5) is 11.4. The average Bonchev–Trinajstić information content (AvgIpc) is 3.09. The van der Waals surface area contributed by atoms with Gasteiger partial charge in [0.1, 0.15) is 12.4 Å². The SMILES string of the molecule is C=CC(/C=C/C(=O)OCC)=C\C(OCc1cnn(C)c1)=C(C)C.CC.CC. The van der Waals surface area contributed by atoms with Gasteiger partial charge in [-0.15, -0.1) is 0 Å². The number of ether oxygens (including phenoxy) is 2. The van der Waals surface area contributed by atoms with E-state index in [0.29, 0.717) is 13.2 Å². The predicted octanol–water partition coefficient (Wildman–Crippen LogP) is 5.51. The summed E-state index contributed by atoms with van der Waals surface area (Å²) >= 11 is 0. The molecule has 0 saturated heterocycles. The van der Waals surface area contributed by atoms with Crippen LogP contribution in [0, 0.1) is 0 Å². The maximum Gasteiger partial charge on any atom is 0.330 e. The number of aryl methyl sites for hydroxylation is 1. The number of carbonyl (C=O) groups is 1. The van der Waals surface area contributed by atoms with Crippen LogP contribution in [0.1, 0.15) is 54.0 Å². The van der Waals surface area contributed by atoms with Gasteiger partial charge in [-0.2, -0.15) is 5.10 Å². The second-order valence-electron chi connectivity index (χ2n) is 5.11. The lowest BCUT2D eigenvalue weighted by Gasteiger charge is -2.09. The monoisotopic (exact) mass is 376 g/mol. The van der Waals surface area contributed by atoms with E-state index in [1.54, 1.807) is 30.0 Å². The first kappa shape index (κ1) is 26.7. The summed E-state index contributed by atoms with van der Waals surface area (Å²) in [6.45, 7) is 18.2. The van der Waals surface area contributed by atoms with Crippen LogP contribution in [0.15, 0.2) is 60.2 Å². The molecule has 1 aromatic heterocycles. The highest BCUT2D eigenvalue weighted by molar-refractivity contribution is 5.82. The van der Waals surface area contributed by atoms with E-state index in [9.17, 15) is 4.79 Å². The third-order valence-corrected chi connectivity index (χ3v) is 2.88. The highest BCUT2D eigenvalue weighted by Crippen LogP contribution is 2.14. The molecule has 0 atom stereocenters. The Kier molecular flexibility index (Phi) is 16.7. The van der Waals surface area contributed by atoms with Crippen molar-refractivity contribution >= 4 is 5.97 Å². The van der Waals surface area contributed by atoms with Crippen molar-refractivity contribution in [3.63, 3.8) is 0 Å². The third-order valence-electron chi connectivity index (χ3n) is 2.88. The minimum Gasteiger partial charge on any atom is -0.489 e. The molecule has 0 radical (unpaired) electrons. The van der Waals surface area contributed by atoms with Crippen LogP contribution in [0.2, 0.25) is 0 Å². The zero-order chi connectivity index (χ0) is 21.2. The lowest BCUT2D eigenvalue weighted by molar-refractivity contribution is -0.137. The van der Waals surface area contributed by atoms with Gasteiger partial charge in [-0.05, 0) is 44.1 Å². The zero-order valence-corrected chi connectivity index (χ0v) is 18.2. The number of allylic oxidation sites excluding steroid dienone is 5. The quantitative estimate of drug-likeness (QED) is 0.260. The molecule has 0 N–H and O–H groups in total. The minimum atomic E-state index is -0.379. The summed E-state index contributed by atoms with van der Waals surface area (Å²) in [7, 11) is 1.86. The van der Waals surface area contributed by atoms with Gasteiger partial charge in [0.05, 0.1) is 12.8 Å². The number of hydrogen-bond donors (Lipinski definition) is 0. The maximum atomic E-state index is 11.4. The normalized spacial score (nSPS) is 10.1. The van der Waals surface area contributed by atoms with Crippen molar-refractivity contribution in [3.8, 4) is 0 Å². The number of hydrogen-bond acceptors (Lipinski definition) is 4. The topological polar surface area (TPSA) is 53.4 Å². The van der Waals surface area contributed by atoms with Crippen molar-refractivity contribution < 1.29 is 14.3 Å². The number of rotatable bonds is 8. The molecule has 5 heteroatoms. The Hall–Kier alpha value is -2.56. The standard InChI is InChI=1S/C18H24N2O3.2C2H6/c1-6-15(8-9-18(21)22-7-2)10-17(14(3)4)23-13-16-11-19-20(5)12-16;2*1-2/h6,8-12H,1,7,13H2,2-5H3;2*1-2H3/b9-8+,15-10+;;. The number of carbonyl (C=O) groups excluding carboxylic acids is 1. The summed E-state index contributed by atoms with van der Waals surface area (Å²) in [6, 6.07) is 0. The third kappa shape index (κ3) is 12.4. The Morgan fingerprint density at radius 2 is 1.81 bits per heavy atom. The highest BCUT2D eigenvalue weighted by Gasteiger charge is 2.02. The van der Waals surface area contributed by atoms with Gasteiger partial charge in [0.15, 0.2) is 0 Å². The predicted molar refractivity (Wildman–Crippen MR) is 113 cm³/mol. The molecule has 0 aliphatic heterocycles. The van der Waals surface area contributed by atoms with Crippen LogP contribution in [0.25, 0.3) is 0 Å². The number of nitrogens with zero attached hydrogens (tertiary/aromatic N) is 2. The van der Waals surface area contributed by atoms with Crippen molar-refractivity contribution in [2.45, 2.75) is 55.1 Å². The molecule has 0 amide bonds. The fourth-order valence-corrected chi connectivity index (χ4v) is 1.72. The largest absolute Gasteiger partial charge is 0.489 e. The summed E-state index contributed by atoms with van der Waals surface area (Å²) in [5.74, 6) is 0.354. The zero-order valence-electron chi connectivity index (χ0n) is 18.2. The van der Waals surface area contributed by atoms with Gasteiger partial charge in [0.2, 0.25) is 0 Å². The molecule has 1 aromatic rings. The van der Waals surface area contributed by atoms with E-state index in [0.717, 1.165) is 22.5 Å². The van der Waals surface area contributed by atoms with E-state index in [1.807, 2.05) is 60.9 Å². The molecule has 152 valence electrons. The fourth-order valence-electron chi connectivity index (χ4n) is 1.72. The van der Waals surface area contributed by atoms with E-state index in [-0.39, 0.29) is 5.97 Å². The second-order valence-corrected chi connectivity index (χ2v) is 5.11. The van der Waals surface area contributed by atoms with E-state index in [1.165, 1.54) is 6.08 Å². The summed E-state index contributed by atoms with van der Waals surface area (Å²) < 4.78 is 12.4. The summed E-state index contributed by atoms with van der Waals surface area (Å²) in [5.41, 5.74) is 2.78. The Morgan fingerprint density at radius 3 is 2.26 bits per heavy atom. The van der Waals surface area contributed by atoms with Gasteiger partial charge < -0.3 is 9.47 Å². The molecule has 0 spiro atoms. The minimum absolute atomic E-state index is 0.351. The Labute approximate surface area is 165 Å². The van der Waals surface area contributed by atoms with Crippen LogP contribution in [0.4, 0.5) is 0 Å². The molecule has 0 aliphatic rings. The molecule has 0 bridgehead atoms. The molecule has 1 heterocycles. The van der Waals surface area contributed by atoms with Gasteiger partial charge in [-0.25, -0.2) is 4.79 Å². The Bertz CT molecular complexity index is 634. The molecule has 27 heavy (non-hydrogen) atoms. The Morgan fingerprint density at radius 1 is 1.19 bits per heavy atom. The van der Waals surface area contributed by atoms with E-state index < -0.39 is 0 Å². The summed E-state index contributed by atoms with van der Waals surface area (Å²) in [6.07, 6.45) is 10.2. The smallest absolute Gasteiger partial charge is 0.330 e. The van der Waals surface area contributed by atoms with E-state index in [2.05, 4.69) is 11.7 Å². The molecule has 5 nitrogen and oxygen atoms in total. The highest BCUT2D eigenvalue weighted by atomic mass is 16.5. The first-order chi connectivity index (χ1) is 13.0. The van der Waals surface area contributed by atoms with Crippen LogP contribution < -0.4 is 0 Å². The van der Waals surface area contributed by atoms with Crippen LogP contribution >= 0.6 is 0 Å². The van der Waals surface area contributed by atoms with Crippen molar-refractivity contribution in [1.82, 2.24) is 9.78 Å². The molecular weight excluding hydrogens is 340 g/mol. The molecule has 0 fully saturated rings. The lowest BCUT2D eigenvalue weighted by Crippen LogP contribution is -1.99. The van der Waals surface area contributed by atoms with E-state index in [4.69, 9.17) is 9.47 Å². The van der Waals surface area contributed by atoms with Crippen LogP contribution in [-0.4, -0.2) is 22.4 Å². The summed E-state index contributed by atoms with van der Waals surface area (Å²) in [5, 5.41) is 4.11. The van der Waals surface area contributed by atoms with Gasteiger partial charge in [-0.1, -0.05) is 40.3 Å². The molecule has 1 rings (SSSR count). The van der Waals surface area contributed by atoms with Crippen LogP contribution in [0.3, 0.4) is 0 Å². The van der Waals surface area contributed by atoms with E-state index >= 15 is 0 Å². The number of esters is 1. The molecule has 0 saturated carbocycles. The molecule has 0 unspecified atom stereocenters. The molecular formula is C22H36N2O3. The van der Waals surface area contributed by atoms with Crippen LogP contribution in [0.5, 0.6) is 0 Å². The maximum absolute atomic E-state index is 11.4. The van der Waals surface area contributed by atoms with Crippen molar-refractivity contribution in [3.05, 3.63) is 65.7 Å². The fraction of sp³-hybridized carbons (Fsp3) is 0.455.